The van der Waals surface area contributed by atoms with Crippen LogP contribution in [-0.2, 0) is 4.79 Å². The molecule has 0 aromatic rings. The Labute approximate surface area is 84.4 Å². The molecule has 1 rings (SSSR count). The smallest absolute Gasteiger partial charge is 0.335 e. The van der Waals surface area contributed by atoms with Crippen LogP contribution in [0.25, 0.3) is 5.53 Å². The van der Waals surface area contributed by atoms with E-state index in [-0.39, 0.29) is 11.7 Å². The molecule has 1 saturated carbocycles. The van der Waals surface area contributed by atoms with Crippen LogP contribution in [0.4, 0.5) is 0 Å². The zero-order valence-corrected chi connectivity index (χ0v) is 9.16. The monoisotopic (exact) mass is 192 g/mol. The molecule has 0 aliphatic heterocycles. The van der Waals surface area contributed by atoms with Gasteiger partial charge in [-0.25, -0.2) is 0 Å². The van der Waals surface area contributed by atoms with Crippen LogP contribution in [0.3, 0.4) is 0 Å². The van der Waals surface area contributed by atoms with Crippen molar-refractivity contribution in [2.45, 2.75) is 34.1 Å². The van der Waals surface area contributed by atoms with E-state index in [0.29, 0.717) is 12.1 Å². The van der Waals surface area contributed by atoms with Crippen LogP contribution in [-0.4, -0.2) is 16.3 Å². The molecule has 1 unspecified atom stereocenters. The summed E-state index contributed by atoms with van der Waals surface area (Å²) in [6, 6.07) is 0. The van der Waals surface area contributed by atoms with Gasteiger partial charge in [-0.2, -0.15) is 4.79 Å². The van der Waals surface area contributed by atoms with Crippen LogP contribution in [0.2, 0.25) is 0 Å². The molecule has 0 bridgehead atoms. The van der Waals surface area contributed by atoms with E-state index in [1.165, 1.54) is 5.57 Å². The van der Waals surface area contributed by atoms with Gasteiger partial charge in [0.2, 0.25) is 5.78 Å². The van der Waals surface area contributed by atoms with E-state index in [1.807, 2.05) is 27.7 Å². The molecule has 3 nitrogen and oxygen atoms in total. The van der Waals surface area contributed by atoms with Crippen molar-refractivity contribution in [3.63, 3.8) is 0 Å². The summed E-state index contributed by atoms with van der Waals surface area (Å²) in [5.74, 6) is 0.119. The Morgan fingerprint density at radius 1 is 1.57 bits per heavy atom. The first-order chi connectivity index (χ1) is 6.39. The summed E-state index contributed by atoms with van der Waals surface area (Å²) in [7, 11) is 0. The van der Waals surface area contributed by atoms with E-state index in [9.17, 15) is 4.79 Å². The quantitative estimate of drug-likeness (QED) is 0.357. The van der Waals surface area contributed by atoms with Crippen molar-refractivity contribution >= 4 is 11.5 Å². The zero-order chi connectivity index (χ0) is 10.9. The van der Waals surface area contributed by atoms with Crippen molar-refractivity contribution in [2.24, 2.45) is 11.3 Å². The number of carbonyl (C=O) groups is 1. The Bertz CT molecular complexity index is 342. The van der Waals surface area contributed by atoms with Gasteiger partial charge in [-0.3, -0.25) is 4.79 Å². The summed E-state index contributed by atoms with van der Waals surface area (Å²) in [5.41, 5.74) is 9.73. The molecule has 0 saturated heterocycles. The largest absolute Gasteiger partial charge is 0.361 e. The topological polar surface area (TPSA) is 53.5 Å². The van der Waals surface area contributed by atoms with Crippen LogP contribution in [0, 0.1) is 11.3 Å². The predicted octanol–water partition coefficient (Wildman–Crippen LogP) is 2.24. The van der Waals surface area contributed by atoms with E-state index >= 15 is 0 Å². The van der Waals surface area contributed by atoms with Crippen LogP contribution < -0.4 is 0 Å². The van der Waals surface area contributed by atoms with E-state index in [4.69, 9.17) is 5.53 Å². The average Bonchev–Trinajstić information content (AvgIpc) is 2.28. The summed E-state index contributed by atoms with van der Waals surface area (Å²) in [6.07, 6.45) is 2.63. The number of Topliss-reactive ketones (excluding diaryl/α,β-unsaturated/α-hetero) is 1. The molecular weight excluding hydrogens is 176 g/mol. The SMILES string of the molecule is CC(C)=CC1CC(=[N+]=[N-])C(=O)C1(C)C. The van der Waals surface area contributed by atoms with Crippen LogP contribution >= 0.6 is 0 Å². The molecule has 1 aliphatic rings. The lowest BCUT2D eigenvalue weighted by molar-refractivity contribution is -0.123. The van der Waals surface area contributed by atoms with E-state index < -0.39 is 5.41 Å². The molecule has 0 amide bonds. The fraction of sp³-hybridized carbons (Fsp3) is 0.636. The maximum atomic E-state index is 11.7. The summed E-state index contributed by atoms with van der Waals surface area (Å²) >= 11 is 0. The van der Waals surface area contributed by atoms with E-state index in [0.717, 1.165) is 0 Å². The lowest BCUT2D eigenvalue weighted by Gasteiger charge is -2.20. The predicted molar refractivity (Wildman–Crippen MR) is 55.0 cm³/mol. The number of hydrogen-bond donors (Lipinski definition) is 0. The standard InChI is InChI=1S/C11H16N2O/c1-7(2)5-8-6-9(13-12)10(14)11(8,3)4/h5,8H,6H2,1-4H3. The molecule has 14 heavy (non-hydrogen) atoms. The molecule has 0 radical (unpaired) electrons. The van der Waals surface area contributed by atoms with Crippen LogP contribution in [0.1, 0.15) is 34.1 Å². The molecule has 0 N–H and O–H groups in total. The lowest BCUT2D eigenvalue weighted by atomic mass is 9.80. The maximum Gasteiger partial charge on any atom is 0.335 e. The van der Waals surface area contributed by atoms with Crippen molar-refractivity contribution in [1.82, 2.24) is 0 Å². The minimum Gasteiger partial charge on any atom is -0.361 e. The highest BCUT2D eigenvalue weighted by atomic mass is 16.1. The normalized spacial score (nSPS) is 24.7. The van der Waals surface area contributed by atoms with Gasteiger partial charge >= 0.3 is 5.71 Å². The number of ketones is 1. The van der Waals surface area contributed by atoms with Gasteiger partial charge in [0, 0.05) is 11.3 Å². The Balaban J connectivity index is 3.09. The Hall–Kier alpha value is -1.21. The van der Waals surface area contributed by atoms with E-state index in [1.54, 1.807) is 0 Å². The Kier molecular flexibility index (Phi) is 2.72. The fourth-order valence-electron chi connectivity index (χ4n) is 1.85. The second-order valence-corrected chi connectivity index (χ2v) is 4.65. The molecule has 76 valence electrons. The van der Waals surface area contributed by atoms with Gasteiger partial charge in [-0.15, -0.1) is 0 Å². The highest BCUT2D eigenvalue weighted by Crippen LogP contribution is 2.39. The zero-order valence-electron chi connectivity index (χ0n) is 9.16. The summed E-state index contributed by atoms with van der Waals surface area (Å²) in [4.78, 5) is 14.8. The van der Waals surface area contributed by atoms with Gasteiger partial charge in [0.25, 0.3) is 0 Å². The second-order valence-electron chi connectivity index (χ2n) is 4.65. The number of carbonyl (C=O) groups excluding carboxylic acids is 1. The highest BCUT2D eigenvalue weighted by Gasteiger charge is 2.50. The minimum atomic E-state index is -0.432. The molecule has 1 fully saturated rings. The third kappa shape index (κ3) is 1.68. The summed E-state index contributed by atoms with van der Waals surface area (Å²) in [6.45, 7) is 7.82. The second kappa shape index (κ2) is 3.50. The Morgan fingerprint density at radius 3 is 2.50 bits per heavy atom. The van der Waals surface area contributed by atoms with Crippen molar-refractivity contribution in [2.75, 3.05) is 0 Å². The van der Waals surface area contributed by atoms with Crippen LogP contribution in [0.5, 0.6) is 0 Å². The molecule has 0 aromatic heterocycles. The molecule has 1 atom stereocenters. The maximum absolute atomic E-state index is 11.7. The third-order valence-electron chi connectivity index (χ3n) is 2.84. The number of rotatable bonds is 1. The van der Waals surface area contributed by atoms with Crippen molar-refractivity contribution in [1.29, 1.82) is 0 Å². The van der Waals surface area contributed by atoms with Gasteiger partial charge in [0.15, 0.2) is 0 Å². The molecule has 1 aliphatic carbocycles. The lowest BCUT2D eigenvalue weighted by Crippen LogP contribution is -2.26. The summed E-state index contributed by atoms with van der Waals surface area (Å²) < 4.78 is 0. The molecule has 3 heteroatoms. The van der Waals surface area contributed by atoms with Crippen molar-refractivity contribution in [3.8, 4) is 0 Å². The fourth-order valence-corrected chi connectivity index (χ4v) is 1.85. The van der Waals surface area contributed by atoms with E-state index in [2.05, 4.69) is 10.9 Å². The van der Waals surface area contributed by atoms with Crippen molar-refractivity contribution in [3.05, 3.63) is 17.2 Å². The van der Waals surface area contributed by atoms with Gasteiger partial charge in [0.1, 0.15) is 0 Å². The summed E-state index contributed by atoms with van der Waals surface area (Å²) in [5, 5.41) is 0. The first-order valence-corrected chi connectivity index (χ1v) is 4.80. The number of nitrogens with zero attached hydrogens (tertiary/aromatic N) is 2. The molecule has 0 aromatic carbocycles. The highest BCUT2D eigenvalue weighted by molar-refractivity contribution is 6.41. The number of allylic oxidation sites excluding steroid dienone is 2. The van der Waals surface area contributed by atoms with Gasteiger partial charge < -0.3 is 5.53 Å². The van der Waals surface area contributed by atoms with Crippen LogP contribution in [0.15, 0.2) is 11.6 Å². The Morgan fingerprint density at radius 2 is 2.14 bits per heavy atom. The molecular formula is C11H16N2O. The minimum absolute atomic E-state index is 0.0394. The first kappa shape index (κ1) is 10.9. The average molecular weight is 192 g/mol. The first-order valence-electron chi connectivity index (χ1n) is 4.80. The van der Waals surface area contributed by atoms with Gasteiger partial charge in [-0.05, 0) is 13.8 Å². The number of hydrogen-bond acceptors (Lipinski definition) is 1. The van der Waals surface area contributed by atoms with Gasteiger partial charge in [0.05, 0.1) is 6.42 Å². The third-order valence-corrected chi connectivity index (χ3v) is 2.84. The van der Waals surface area contributed by atoms with Crippen molar-refractivity contribution < 1.29 is 9.58 Å². The van der Waals surface area contributed by atoms with Gasteiger partial charge in [-0.1, -0.05) is 25.5 Å². The molecule has 0 heterocycles. The molecule has 0 spiro atoms.